The van der Waals surface area contributed by atoms with E-state index in [-0.39, 0.29) is 5.91 Å². The number of aromatic nitrogens is 2. The van der Waals surface area contributed by atoms with Crippen molar-refractivity contribution >= 4 is 11.6 Å². The molecule has 3 aromatic rings. The number of nitrogens with one attached hydrogen (secondary N) is 1. The minimum atomic E-state index is -0.0980. The van der Waals surface area contributed by atoms with E-state index < -0.39 is 0 Å². The summed E-state index contributed by atoms with van der Waals surface area (Å²) in [6.45, 7) is 4.43. The third kappa shape index (κ3) is 3.11. The number of pyridine rings is 1. The van der Waals surface area contributed by atoms with Crippen LogP contribution in [0.1, 0.15) is 27.3 Å². The highest BCUT2D eigenvalue weighted by Crippen LogP contribution is 2.15. The topological polar surface area (TPSA) is 55.6 Å². The molecule has 124 valence electrons. The Morgan fingerprint density at radius 1 is 1.21 bits per heavy atom. The molecule has 24 heavy (non-hydrogen) atoms. The van der Waals surface area contributed by atoms with Gasteiger partial charge in [0.1, 0.15) is 17.1 Å². The van der Waals surface area contributed by atoms with Crippen LogP contribution in [0.25, 0.3) is 5.65 Å². The van der Waals surface area contributed by atoms with Crippen LogP contribution in [0.5, 0.6) is 5.75 Å². The number of methoxy groups -OCH3 is 1. The van der Waals surface area contributed by atoms with E-state index in [0.29, 0.717) is 12.2 Å². The number of hydrogen-bond acceptors (Lipinski definition) is 3. The summed E-state index contributed by atoms with van der Waals surface area (Å²) in [6.07, 6.45) is 2.64. The lowest BCUT2D eigenvalue weighted by Crippen LogP contribution is -2.27. The molecule has 0 bridgehead atoms. The number of carbonyl (C=O) groups is 1. The SMILES string of the molecule is COc1ccc(CCNC(=O)c2c(C)nc3c(C)cccn23)cc1. The first-order chi connectivity index (χ1) is 11.6. The zero-order valence-electron chi connectivity index (χ0n) is 14.2. The van der Waals surface area contributed by atoms with Gasteiger partial charge >= 0.3 is 0 Å². The summed E-state index contributed by atoms with van der Waals surface area (Å²) < 4.78 is 7.00. The molecule has 0 atom stereocenters. The standard InChI is InChI=1S/C19H21N3O2/c1-13-5-4-12-22-17(14(2)21-18(13)22)19(23)20-11-10-15-6-8-16(24-3)9-7-15/h4-9,12H,10-11H2,1-3H3,(H,20,23). The molecule has 0 spiro atoms. The molecule has 5 heteroatoms. The molecule has 0 aliphatic rings. The van der Waals surface area contributed by atoms with E-state index in [4.69, 9.17) is 4.74 Å². The van der Waals surface area contributed by atoms with Crippen LogP contribution in [0.2, 0.25) is 0 Å². The molecule has 2 aromatic heterocycles. The van der Waals surface area contributed by atoms with Crippen molar-refractivity contribution in [3.05, 3.63) is 65.1 Å². The van der Waals surface area contributed by atoms with Crippen LogP contribution in [0.3, 0.4) is 0 Å². The quantitative estimate of drug-likeness (QED) is 0.785. The van der Waals surface area contributed by atoms with Crippen LogP contribution < -0.4 is 10.1 Å². The van der Waals surface area contributed by atoms with Gasteiger partial charge in [0.15, 0.2) is 0 Å². The summed E-state index contributed by atoms with van der Waals surface area (Å²) in [4.78, 5) is 17.1. The molecule has 0 saturated carbocycles. The number of benzene rings is 1. The summed E-state index contributed by atoms with van der Waals surface area (Å²) in [5.74, 6) is 0.735. The fourth-order valence-corrected chi connectivity index (χ4v) is 2.79. The van der Waals surface area contributed by atoms with Crippen molar-refractivity contribution in [1.29, 1.82) is 0 Å². The molecule has 0 radical (unpaired) electrons. The predicted octanol–water partition coefficient (Wildman–Crippen LogP) is 2.93. The second kappa shape index (κ2) is 6.74. The smallest absolute Gasteiger partial charge is 0.270 e. The largest absolute Gasteiger partial charge is 0.497 e. The van der Waals surface area contributed by atoms with E-state index in [9.17, 15) is 4.79 Å². The van der Waals surface area contributed by atoms with E-state index in [1.54, 1.807) is 7.11 Å². The van der Waals surface area contributed by atoms with E-state index in [0.717, 1.165) is 34.6 Å². The molecule has 0 saturated heterocycles. The first kappa shape index (κ1) is 16.1. The third-order valence-electron chi connectivity index (χ3n) is 4.09. The number of imidazole rings is 1. The van der Waals surface area contributed by atoms with Crippen LogP contribution in [0, 0.1) is 13.8 Å². The summed E-state index contributed by atoms with van der Waals surface area (Å²) in [6, 6.07) is 11.8. The fraction of sp³-hybridized carbons (Fsp3) is 0.263. The highest BCUT2D eigenvalue weighted by Gasteiger charge is 2.16. The van der Waals surface area contributed by atoms with Gasteiger partial charge in [-0.2, -0.15) is 0 Å². The maximum atomic E-state index is 12.6. The Labute approximate surface area is 141 Å². The maximum absolute atomic E-state index is 12.6. The van der Waals surface area contributed by atoms with E-state index >= 15 is 0 Å². The van der Waals surface area contributed by atoms with Gasteiger partial charge in [0.05, 0.1) is 12.8 Å². The summed E-state index contributed by atoms with van der Waals surface area (Å²) in [5.41, 5.74) is 4.38. The molecule has 2 heterocycles. The predicted molar refractivity (Wildman–Crippen MR) is 93.7 cm³/mol. The van der Waals surface area contributed by atoms with Crippen LogP contribution in [-0.2, 0) is 6.42 Å². The van der Waals surface area contributed by atoms with E-state index in [1.165, 1.54) is 0 Å². The Kier molecular flexibility index (Phi) is 4.51. The number of amides is 1. The lowest BCUT2D eigenvalue weighted by molar-refractivity contribution is 0.0947. The molecular formula is C19H21N3O2. The zero-order valence-corrected chi connectivity index (χ0v) is 14.2. The van der Waals surface area contributed by atoms with Crippen molar-refractivity contribution in [3.63, 3.8) is 0 Å². The normalized spacial score (nSPS) is 10.8. The number of carbonyl (C=O) groups excluding carboxylic acids is 1. The Balaban J connectivity index is 1.69. The number of aryl methyl sites for hydroxylation is 2. The average Bonchev–Trinajstić information content (AvgIpc) is 2.93. The van der Waals surface area contributed by atoms with Crippen molar-refractivity contribution < 1.29 is 9.53 Å². The molecule has 0 aliphatic heterocycles. The maximum Gasteiger partial charge on any atom is 0.270 e. The zero-order chi connectivity index (χ0) is 17.1. The number of hydrogen-bond donors (Lipinski definition) is 1. The van der Waals surface area contributed by atoms with Gasteiger partial charge in [0.25, 0.3) is 5.91 Å². The van der Waals surface area contributed by atoms with Crippen molar-refractivity contribution in [2.24, 2.45) is 0 Å². The number of fused-ring (bicyclic) bond motifs is 1. The van der Waals surface area contributed by atoms with Gasteiger partial charge < -0.3 is 10.1 Å². The van der Waals surface area contributed by atoms with Gasteiger partial charge in [-0.1, -0.05) is 18.2 Å². The number of rotatable bonds is 5. The van der Waals surface area contributed by atoms with E-state index in [1.807, 2.05) is 60.8 Å². The van der Waals surface area contributed by atoms with Crippen molar-refractivity contribution in [1.82, 2.24) is 14.7 Å². The van der Waals surface area contributed by atoms with Gasteiger partial charge in [-0.3, -0.25) is 9.20 Å². The molecule has 0 fully saturated rings. The minimum absolute atomic E-state index is 0.0980. The molecule has 0 unspecified atom stereocenters. The Hall–Kier alpha value is -2.82. The first-order valence-electron chi connectivity index (χ1n) is 7.95. The van der Waals surface area contributed by atoms with Gasteiger partial charge in [-0.05, 0) is 49.6 Å². The third-order valence-corrected chi connectivity index (χ3v) is 4.09. The van der Waals surface area contributed by atoms with Crippen molar-refractivity contribution in [2.75, 3.05) is 13.7 Å². The summed E-state index contributed by atoms with van der Waals surface area (Å²) in [7, 11) is 1.65. The first-order valence-corrected chi connectivity index (χ1v) is 7.95. The highest BCUT2D eigenvalue weighted by molar-refractivity contribution is 5.94. The average molecular weight is 323 g/mol. The molecule has 1 N–H and O–H groups in total. The lowest BCUT2D eigenvalue weighted by atomic mass is 10.1. The molecule has 1 aromatic carbocycles. The number of nitrogens with zero attached hydrogens (tertiary/aromatic N) is 2. The van der Waals surface area contributed by atoms with Gasteiger partial charge in [-0.15, -0.1) is 0 Å². The Morgan fingerprint density at radius 2 is 1.96 bits per heavy atom. The fourth-order valence-electron chi connectivity index (χ4n) is 2.79. The number of ether oxygens (including phenoxy) is 1. The monoisotopic (exact) mass is 323 g/mol. The highest BCUT2D eigenvalue weighted by atomic mass is 16.5. The molecular weight excluding hydrogens is 302 g/mol. The lowest BCUT2D eigenvalue weighted by Gasteiger charge is -2.07. The minimum Gasteiger partial charge on any atom is -0.497 e. The van der Waals surface area contributed by atoms with E-state index in [2.05, 4.69) is 10.3 Å². The van der Waals surface area contributed by atoms with Crippen LogP contribution in [0.4, 0.5) is 0 Å². The van der Waals surface area contributed by atoms with Crippen LogP contribution in [0.15, 0.2) is 42.6 Å². The second-order valence-electron chi connectivity index (χ2n) is 5.78. The summed E-state index contributed by atoms with van der Waals surface area (Å²) in [5, 5.41) is 2.98. The Bertz CT molecular complexity index is 866. The van der Waals surface area contributed by atoms with Gasteiger partial charge in [0.2, 0.25) is 0 Å². The summed E-state index contributed by atoms with van der Waals surface area (Å²) >= 11 is 0. The van der Waals surface area contributed by atoms with Crippen molar-refractivity contribution in [3.8, 4) is 5.75 Å². The van der Waals surface area contributed by atoms with Crippen molar-refractivity contribution in [2.45, 2.75) is 20.3 Å². The molecule has 0 aliphatic carbocycles. The molecule has 5 nitrogen and oxygen atoms in total. The Morgan fingerprint density at radius 3 is 2.67 bits per heavy atom. The molecule has 3 rings (SSSR count). The molecule has 1 amide bonds. The second-order valence-corrected chi connectivity index (χ2v) is 5.78. The van der Waals surface area contributed by atoms with Crippen LogP contribution >= 0.6 is 0 Å². The van der Waals surface area contributed by atoms with Gasteiger partial charge in [0, 0.05) is 12.7 Å². The van der Waals surface area contributed by atoms with Crippen LogP contribution in [-0.4, -0.2) is 28.9 Å². The van der Waals surface area contributed by atoms with Gasteiger partial charge in [-0.25, -0.2) is 4.98 Å².